The van der Waals surface area contributed by atoms with Gasteiger partial charge in [0.15, 0.2) is 0 Å². The van der Waals surface area contributed by atoms with Crippen molar-refractivity contribution in [3.8, 4) is 5.75 Å². The molecule has 1 aliphatic heterocycles. The van der Waals surface area contributed by atoms with Gasteiger partial charge in [-0.1, -0.05) is 35.3 Å². The molecule has 1 saturated heterocycles. The summed E-state index contributed by atoms with van der Waals surface area (Å²) in [7, 11) is 1.60. The predicted molar refractivity (Wildman–Crippen MR) is 87.7 cm³/mol. The van der Waals surface area contributed by atoms with E-state index in [0.29, 0.717) is 15.7 Å². The summed E-state index contributed by atoms with van der Waals surface area (Å²) in [4.78, 5) is 13.8. The number of nitrogens with two attached hydrogens (primary N) is 1. The van der Waals surface area contributed by atoms with Gasteiger partial charge in [-0.15, -0.1) is 0 Å². The molecule has 0 aliphatic carbocycles. The zero-order chi connectivity index (χ0) is 15.9. The normalized spacial score (nSPS) is 20.7. The van der Waals surface area contributed by atoms with Crippen molar-refractivity contribution in [1.29, 1.82) is 0 Å². The van der Waals surface area contributed by atoms with Crippen LogP contribution in [0.15, 0.2) is 42.5 Å². The highest BCUT2D eigenvalue weighted by Gasteiger charge is 2.46. The molecule has 1 fully saturated rings. The van der Waals surface area contributed by atoms with Crippen molar-refractivity contribution in [3.63, 3.8) is 0 Å². The smallest absolute Gasteiger partial charge is 0.247 e. The highest BCUT2D eigenvalue weighted by atomic mass is 35.5. The number of nitrogens with zero attached hydrogens (tertiary/aromatic N) is 1. The third kappa shape index (κ3) is 2.43. The number of carbonyl (C=O) groups excluding carboxylic acids is 1. The number of rotatable bonds is 3. The Labute approximate surface area is 138 Å². The summed E-state index contributed by atoms with van der Waals surface area (Å²) in [5.74, 6) is 0.573. The van der Waals surface area contributed by atoms with Crippen LogP contribution < -0.4 is 15.4 Å². The molecule has 0 radical (unpaired) electrons. The maximum absolute atomic E-state index is 12.2. The van der Waals surface area contributed by atoms with Gasteiger partial charge in [-0.05, 0) is 35.9 Å². The number of amides is 1. The number of hydrogen-bond acceptors (Lipinski definition) is 3. The molecule has 0 spiro atoms. The lowest BCUT2D eigenvalue weighted by Crippen LogP contribution is -2.63. The molecule has 0 saturated carbocycles. The Kier molecular flexibility index (Phi) is 4.00. The molecule has 114 valence electrons. The molecule has 1 aliphatic rings. The van der Waals surface area contributed by atoms with E-state index in [1.165, 1.54) is 0 Å². The van der Waals surface area contributed by atoms with Crippen LogP contribution in [0.2, 0.25) is 10.0 Å². The number of methoxy groups -OCH3 is 1. The number of β-lactam (4-membered cyclic amide) rings is 1. The van der Waals surface area contributed by atoms with Crippen LogP contribution in [-0.2, 0) is 4.79 Å². The van der Waals surface area contributed by atoms with Crippen molar-refractivity contribution in [2.75, 3.05) is 12.0 Å². The summed E-state index contributed by atoms with van der Waals surface area (Å²) in [6.45, 7) is 0. The Balaban J connectivity index is 1.98. The Hall–Kier alpha value is -1.75. The summed E-state index contributed by atoms with van der Waals surface area (Å²) in [5, 5.41) is 0.845. The topological polar surface area (TPSA) is 55.6 Å². The van der Waals surface area contributed by atoms with Gasteiger partial charge < -0.3 is 15.4 Å². The van der Waals surface area contributed by atoms with E-state index in [4.69, 9.17) is 33.7 Å². The van der Waals surface area contributed by atoms with Crippen molar-refractivity contribution >= 4 is 34.8 Å². The Morgan fingerprint density at radius 2 is 1.91 bits per heavy atom. The second kappa shape index (κ2) is 5.80. The first-order valence-corrected chi connectivity index (χ1v) is 7.46. The molecule has 1 amide bonds. The minimum absolute atomic E-state index is 0.147. The highest BCUT2D eigenvalue weighted by Crippen LogP contribution is 2.40. The SMILES string of the molecule is COc1cccc([C@H]2[C@@H](N)C(=O)N2c2ccc(Cl)c(Cl)c2)c1. The van der Waals surface area contributed by atoms with E-state index in [-0.39, 0.29) is 11.9 Å². The van der Waals surface area contributed by atoms with Crippen molar-refractivity contribution in [1.82, 2.24) is 0 Å². The highest BCUT2D eigenvalue weighted by molar-refractivity contribution is 6.42. The van der Waals surface area contributed by atoms with Gasteiger partial charge in [0.05, 0.1) is 23.2 Å². The molecular formula is C16H14Cl2N2O2. The predicted octanol–water partition coefficient (Wildman–Crippen LogP) is 3.42. The largest absolute Gasteiger partial charge is 0.497 e. The van der Waals surface area contributed by atoms with Gasteiger partial charge >= 0.3 is 0 Å². The number of halogens is 2. The molecule has 22 heavy (non-hydrogen) atoms. The van der Waals surface area contributed by atoms with Crippen LogP contribution in [0.25, 0.3) is 0 Å². The zero-order valence-electron chi connectivity index (χ0n) is 11.8. The van der Waals surface area contributed by atoms with E-state index < -0.39 is 6.04 Å². The van der Waals surface area contributed by atoms with Gasteiger partial charge in [-0.25, -0.2) is 0 Å². The first-order valence-electron chi connectivity index (χ1n) is 6.70. The lowest BCUT2D eigenvalue weighted by molar-refractivity contribution is -0.126. The first kappa shape index (κ1) is 15.2. The molecule has 0 aromatic heterocycles. The van der Waals surface area contributed by atoms with E-state index in [0.717, 1.165) is 11.3 Å². The summed E-state index contributed by atoms with van der Waals surface area (Å²) in [5.41, 5.74) is 7.58. The number of benzene rings is 2. The first-order chi connectivity index (χ1) is 10.5. The van der Waals surface area contributed by atoms with E-state index in [9.17, 15) is 4.79 Å². The van der Waals surface area contributed by atoms with Crippen molar-refractivity contribution in [3.05, 3.63) is 58.1 Å². The van der Waals surface area contributed by atoms with Gasteiger partial charge in [0.25, 0.3) is 0 Å². The van der Waals surface area contributed by atoms with Crippen LogP contribution >= 0.6 is 23.2 Å². The van der Waals surface area contributed by atoms with Crippen LogP contribution in [0.3, 0.4) is 0 Å². The van der Waals surface area contributed by atoms with Gasteiger partial charge in [0, 0.05) is 5.69 Å². The zero-order valence-corrected chi connectivity index (χ0v) is 13.3. The molecular weight excluding hydrogens is 323 g/mol. The molecule has 2 N–H and O–H groups in total. The standard InChI is InChI=1S/C16H14Cl2N2O2/c1-22-11-4-2-3-9(7-11)15-14(19)16(21)20(15)10-5-6-12(17)13(18)8-10/h2-8,14-15H,19H2,1H3/t14-,15+/m1/s1. The molecule has 1 heterocycles. The van der Waals surface area contributed by atoms with Gasteiger partial charge in [0.2, 0.25) is 5.91 Å². The maximum Gasteiger partial charge on any atom is 0.247 e. The lowest BCUT2D eigenvalue weighted by Gasteiger charge is -2.45. The van der Waals surface area contributed by atoms with Gasteiger partial charge in [-0.2, -0.15) is 0 Å². The second-order valence-electron chi connectivity index (χ2n) is 5.05. The monoisotopic (exact) mass is 336 g/mol. The van der Waals surface area contributed by atoms with Crippen molar-refractivity contribution < 1.29 is 9.53 Å². The summed E-state index contributed by atoms with van der Waals surface area (Å²) >= 11 is 12.0. The lowest BCUT2D eigenvalue weighted by atomic mass is 9.88. The average molecular weight is 337 g/mol. The molecule has 4 nitrogen and oxygen atoms in total. The van der Waals surface area contributed by atoms with Crippen LogP contribution in [0.4, 0.5) is 5.69 Å². The Morgan fingerprint density at radius 3 is 2.59 bits per heavy atom. The maximum atomic E-state index is 12.2. The summed E-state index contributed by atoms with van der Waals surface area (Å²) in [6, 6.07) is 11.8. The van der Waals surface area contributed by atoms with Crippen LogP contribution in [0.1, 0.15) is 11.6 Å². The van der Waals surface area contributed by atoms with E-state index in [1.54, 1.807) is 30.2 Å². The quantitative estimate of drug-likeness (QED) is 0.873. The molecule has 0 unspecified atom stereocenters. The summed E-state index contributed by atoms with van der Waals surface area (Å²) < 4.78 is 5.23. The third-order valence-electron chi connectivity index (χ3n) is 3.76. The molecule has 2 aromatic carbocycles. The van der Waals surface area contributed by atoms with E-state index in [2.05, 4.69) is 0 Å². The van der Waals surface area contributed by atoms with Gasteiger partial charge in [-0.3, -0.25) is 4.79 Å². The summed E-state index contributed by atoms with van der Waals surface area (Å²) in [6.07, 6.45) is 0. The van der Waals surface area contributed by atoms with Crippen LogP contribution in [0, 0.1) is 0 Å². The fourth-order valence-corrected chi connectivity index (χ4v) is 2.91. The van der Waals surface area contributed by atoms with E-state index >= 15 is 0 Å². The molecule has 6 heteroatoms. The number of carbonyl (C=O) groups is 1. The molecule has 2 aromatic rings. The second-order valence-corrected chi connectivity index (χ2v) is 5.87. The molecule has 2 atom stereocenters. The Bertz CT molecular complexity index is 736. The van der Waals surface area contributed by atoms with Gasteiger partial charge in [0.1, 0.15) is 11.8 Å². The van der Waals surface area contributed by atoms with Crippen LogP contribution in [0.5, 0.6) is 5.75 Å². The minimum atomic E-state index is -0.582. The third-order valence-corrected chi connectivity index (χ3v) is 4.50. The number of hydrogen-bond donors (Lipinski definition) is 1. The average Bonchev–Trinajstić information content (AvgIpc) is 2.54. The number of ether oxygens (including phenoxy) is 1. The fourth-order valence-electron chi connectivity index (χ4n) is 2.62. The fraction of sp³-hybridized carbons (Fsp3) is 0.188. The van der Waals surface area contributed by atoms with Crippen molar-refractivity contribution in [2.24, 2.45) is 5.73 Å². The molecule has 3 rings (SSSR count). The molecule has 0 bridgehead atoms. The van der Waals surface area contributed by atoms with Crippen LogP contribution in [-0.4, -0.2) is 19.1 Å². The Morgan fingerprint density at radius 1 is 1.14 bits per heavy atom. The number of anilines is 1. The minimum Gasteiger partial charge on any atom is -0.497 e. The van der Waals surface area contributed by atoms with E-state index in [1.807, 2.05) is 24.3 Å². The van der Waals surface area contributed by atoms with Crippen molar-refractivity contribution in [2.45, 2.75) is 12.1 Å².